The monoisotopic (exact) mass is 398 g/mol. The SMILES string of the molecule is CC1CC(O)C(c2ccc(C3(CN)CCC3)cc2)C2C3C=CSC3C(=O)NC12. The molecule has 2 saturated carbocycles. The largest absolute Gasteiger partial charge is 0.392 e. The standard InChI is InChI=1S/C23H30N2O2S/c1-13-11-17(26)18(19-16-7-10-28-21(16)22(27)25-20(13)19)14-3-5-15(6-4-14)23(12-24)8-2-9-23/h3-7,10,13,16-21,26H,2,8-9,11-12,24H2,1H3,(H,25,27). The molecular weight excluding hydrogens is 368 g/mol. The number of piperidine rings is 1. The molecule has 0 spiro atoms. The molecule has 7 atom stereocenters. The van der Waals surface area contributed by atoms with Gasteiger partial charge in [-0.3, -0.25) is 4.79 Å². The first-order valence-electron chi connectivity index (χ1n) is 10.7. The van der Waals surface area contributed by atoms with Gasteiger partial charge in [-0.25, -0.2) is 0 Å². The first-order valence-corrected chi connectivity index (χ1v) is 11.6. The summed E-state index contributed by atoms with van der Waals surface area (Å²) in [5, 5.41) is 16.4. The molecule has 150 valence electrons. The Hall–Kier alpha value is -1.30. The highest BCUT2D eigenvalue weighted by molar-refractivity contribution is 8.03. The van der Waals surface area contributed by atoms with Crippen LogP contribution >= 0.6 is 11.8 Å². The number of nitrogens with two attached hydrogens (primary N) is 1. The average Bonchev–Trinajstić information content (AvgIpc) is 3.14. The van der Waals surface area contributed by atoms with E-state index in [9.17, 15) is 9.90 Å². The number of nitrogens with one attached hydrogen (secondary N) is 1. The molecule has 0 radical (unpaired) electrons. The summed E-state index contributed by atoms with van der Waals surface area (Å²) >= 11 is 1.62. The molecule has 1 amide bonds. The molecule has 5 heteroatoms. The Morgan fingerprint density at radius 1 is 1.29 bits per heavy atom. The van der Waals surface area contributed by atoms with Crippen molar-refractivity contribution in [2.75, 3.05) is 6.54 Å². The molecule has 28 heavy (non-hydrogen) atoms. The van der Waals surface area contributed by atoms with E-state index in [1.165, 1.54) is 30.4 Å². The average molecular weight is 399 g/mol. The summed E-state index contributed by atoms with van der Waals surface area (Å²) in [5.74, 6) is 0.948. The van der Waals surface area contributed by atoms with Gasteiger partial charge in [-0.05, 0) is 47.6 Å². The zero-order chi connectivity index (χ0) is 19.5. The Labute approximate surface area is 171 Å². The number of hydrogen-bond donors (Lipinski definition) is 3. The number of thioether (sulfide) groups is 1. The first-order chi connectivity index (χ1) is 13.5. The number of fused-ring (bicyclic) bond motifs is 3. The van der Waals surface area contributed by atoms with E-state index in [0.717, 1.165) is 6.42 Å². The van der Waals surface area contributed by atoms with E-state index in [4.69, 9.17) is 5.73 Å². The summed E-state index contributed by atoms with van der Waals surface area (Å²) in [7, 11) is 0. The van der Waals surface area contributed by atoms with Crippen molar-refractivity contribution in [2.24, 2.45) is 23.5 Å². The minimum absolute atomic E-state index is 0.0454. The smallest absolute Gasteiger partial charge is 0.234 e. The van der Waals surface area contributed by atoms with Crippen LogP contribution in [0.5, 0.6) is 0 Å². The van der Waals surface area contributed by atoms with Gasteiger partial charge in [-0.15, -0.1) is 11.8 Å². The van der Waals surface area contributed by atoms with Gasteiger partial charge in [-0.1, -0.05) is 43.7 Å². The predicted octanol–water partition coefficient (Wildman–Crippen LogP) is 2.91. The van der Waals surface area contributed by atoms with Crippen molar-refractivity contribution in [1.82, 2.24) is 5.32 Å². The van der Waals surface area contributed by atoms with Crippen LogP contribution in [-0.4, -0.2) is 35.0 Å². The molecule has 2 aliphatic heterocycles. The minimum atomic E-state index is -0.371. The van der Waals surface area contributed by atoms with Gasteiger partial charge >= 0.3 is 0 Å². The third-order valence-corrected chi connectivity index (χ3v) is 9.10. The number of benzene rings is 1. The van der Waals surface area contributed by atoms with Crippen LogP contribution in [0.25, 0.3) is 0 Å². The molecule has 1 aromatic rings. The maximum Gasteiger partial charge on any atom is 0.234 e. The topological polar surface area (TPSA) is 75.3 Å². The quantitative estimate of drug-likeness (QED) is 0.732. The predicted molar refractivity (Wildman–Crippen MR) is 113 cm³/mol. The van der Waals surface area contributed by atoms with E-state index in [1.54, 1.807) is 11.8 Å². The minimum Gasteiger partial charge on any atom is -0.392 e. The molecule has 1 saturated heterocycles. The van der Waals surface area contributed by atoms with Gasteiger partial charge in [-0.2, -0.15) is 0 Å². The van der Waals surface area contributed by atoms with Crippen molar-refractivity contribution in [3.05, 3.63) is 46.9 Å². The molecule has 4 nitrogen and oxygen atoms in total. The summed E-state index contributed by atoms with van der Waals surface area (Å²) in [6.45, 7) is 2.87. The van der Waals surface area contributed by atoms with E-state index in [-0.39, 0.29) is 52.4 Å². The zero-order valence-corrected chi connectivity index (χ0v) is 17.2. The van der Waals surface area contributed by atoms with Gasteiger partial charge in [0.25, 0.3) is 0 Å². The Bertz CT molecular complexity index is 783. The number of allylic oxidation sites excluding steroid dienone is 1. The van der Waals surface area contributed by atoms with Gasteiger partial charge < -0.3 is 16.2 Å². The zero-order valence-electron chi connectivity index (χ0n) is 16.4. The number of carbonyl (C=O) groups excluding carboxylic acids is 1. The second kappa shape index (κ2) is 6.89. The number of carbonyl (C=O) groups is 1. The lowest BCUT2D eigenvalue weighted by atomic mass is 9.60. The Morgan fingerprint density at radius 2 is 2.04 bits per heavy atom. The summed E-state index contributed by atoms with van der Waals surface area (Å²) in [6, 6.07) is 9.03. The molecular formula is C23H30N2O2S. The molecule has 4 N–H and O–H groups in total. The van der Waals surface area contributed by atoms with Crippen LogP contribution in [0.15, 0.2) is 35.7 Å². The van der Waals surface area contributed by atoms with Crippen LogP contribution in [0.2, 0.25) is 0 Å². The number of aliphatic hydroxyl groups excluding tert-OH is 1. The second-order valence-electron chi connectivity index (χ2n) is 9.34. The van der Waals surface area contributed by atoms with Crippen molar-refractivity contribution in [1.29, 1.82) is 0 Å². The molecule has 0 aromatic heterocycles. The summed E-state index contributed by atoms with van der Waals surface area (Å²) in [6.07, 6.45) is 6.17. The fourth-order valence-electron chi connectivity index (χ4n) is 6.19. The van der Waals surface area contributed by atoms with Crippen LogP contribution in [0.1, 0.15) is 49.7 Å². The van der Waals surface area contributed by atoms with Crippen LogP contribution in [-0.2, 0) is 10.2 Å². The number of aliphatic hydroxyl groups is 1. The maximum absolute atomic E-state index is 12.6. The molecule has 5 rings (SSSR count). The number of amides is 1. The highest BCUT2D eigenvalue weighted by atomic mass is 32.2. The van der Waals surface area contributed by atoms with Crippen LogP contribution < -0.4 is 11.1 Å². The molecule has 1 aromatic carbocycles. The van der Waals surface area contributed by atoms with Crippen LogP contribution in [0, 0.1) is 17.8 Å². The lowest BCUT2D eigenvalue weighted by molar-refractivity contribution is -0.128. The van der Waals surface area contributed by atoms with Gasteiger partial charge in [0, 0.05) is 29.8 Å². The fourth-order valence-corrected chi connectivity index (χ4v) is 7.28. The Morgan fingerprint density at radius 3 is 2.68 bits per heavy atom. The third-order valence-electron chi connectivity index (χ3n) is 7.97. The van der Waals surface area contributed by atoms with Gasteiger partial charge in [0.2, 0.25) is 5.91 Å². The van der Waals surface area contributed by atoms with Crippen molar-refractivity contribution >= 4 is 17.7 Å². The molecule has 2 aliphatic carbocycles. The van der Waals surface area contributed by atoms with Gasteiger partial charge in [0.1, 0.15) is 0 Å². The van der Waals surface area contributed by atoms with Gasteiger partial charge in [0.05, 0.1) is 11.4 Å². The second-order valence-corrected chi connectivity index (χ2v) is 10.4. The van der Waals surface area contributed by atoms with Crippen molar-refractivity contribution in [3.63, 3.8) is 0 Å². The van der Waals surface area contributed by atoms with Crippen molar-refractivity contribution in [2.45, 2.75) is 61.3 Å². The highest BCUT2D eigenvalue weighted by Crippen LogP contribution is 2.52. The Kier molecular flexibility index (Phi) is 4.61. The highest BCUT2D eigenvalue weighted by Gasteiger charge is 2.54. The van der Waals surface area contributed by atoms with Crippen molar-refractivity contribution < 1.29 is 9.90 Å². The summed E-state index contributed by atoms with van der Waals surface area (Å²) < 4.78 is 0. The molecule has 4 aliphatic rings. The normalized spacial score (nSPS) is 41.0. The van der Waals surface area contributed by atoms with E-state index in [2.05, 4.69) is 48.0 Å². The summed E-state index contributed by atoms with van der Waals surface area (Å²) in [4.78, 5) is 12.6. The Balaban J connectivity index is 1.49. The molecule has 3 fully saturated rings. The first kappa shape index (κ1) is 18.7. The third kappa shape index (κ3) is 2.70. The lowest BCUT2D eigenvalue weighted by Crippen LogP contribution is -2.62. The maximum atomic E-state index is 12.6. The lowest BCUT2D eigenvalue weighted by Gasteiger charge is -2.51. The van der Waals surface area contributed by atoms with E-state index in [1.807, 2.05) is 0 Å². The van der Waals surface area contributed by atoms with Gasteiger partial charge in [0.15, 0.2) is 0 Å². The molecule has 7 unspecified atom stereocenters. The van der Waals surface area contributed by atoms with E-state index in [0.29, 0.717) is 6.54 Å². The molecule has 0 bridgehead atoms. The molecule has 2 heterocycles. The summed E-state index contributed by atoms with van der Waals surface area (Å²) in [5.41, 5.74) is 8.79. The van der Waals surface area contributed by atoms with Crippen molar-refractivity contribution in [3.8, 4) is 0 Å². The fraction of sp³-hybridized carbons (Fsp3) is 0.609. The number of hydrogen-bond acceptors (Lipinski definition) is 4. The van der Waals surface area contributed by atoms with E-state index >= 15 is 0 Å². The van der Waals surface area contributed by atoms with Crippen LogP contribution in [0.4, 0.5) is 0 Å². The van der Waals surface area contributed by atoms with Crippen LogP contribution in [0.3, 0.4) is 0 Å². The van der Waals surface area contributed by atoms with E-state index < -0.39 is 0 Å². The number of rotatable bonds is 3.